The number of amidine groups is 1. The van der Waals surface area contributed by atoms with E-state index in [9.17, 15) is 4.39 Å². The molecule has 9 heteroatoms. The van der Waals surface area contributed by atoms with Gasteiger partial charge in [-0.1, -0.05) is 18.2 Å². The van der Waals surface area contributed by atoms with E-state index >= 15 is 0 Å². The van der Waals surface area contributed by atoms with Crippen LogP contribution >= 0.6 is 0 Å². The van der Waals surface area contributed by atoms with Gasteiger partial charge >= 0.3 is 0 Å². The minimum Gasteiger partial charge on any atom is -0.441 e. The van der Waals surface area contributed by atoms with Crippen LogP contribution in [0, 0.1) is 18.2 Å². The summed E-state index contributed by atoms with van der Waals surface area (Å²) in [4.78, 5) is 11.2. The maximum atomic E-state index is 13.6. The maximum absolute atomic E-state index is 13.6. The Kier molecular flexibility index (Phi) is 4.75. The van der Waals surface area contributed by atoms with Gasteiger partial charge in [-0.3, -0.25) is 0 Å². The average Bonchev–Trinajstić information content (AvgIpc) is 3.53. The Morgan fingerprint density at radius 3 is 2.75 bits per heavy atom. The number of piperidine rings is 1. The Labute approximate surface area is 207 Å². The fraction of sp³-hybridized carbons (Fsp3) is 0.296. The molecule has 2 aromatic heterocycles. The number of hydrogen-bond donors (Lipinski definition) is 1. The van der Waals surface area contributed by atoms with Crippen molar-refractivity contribution < 1.29 is 13.5 Å². The number of rotatable bonds is 3. The lowest BCUT2D eigenvalue weighted by Gasteiger charge is -2.53. The first-order valence-electron chi connectivity index (χ1n) is 12.1. The van der Waals surface area contributed by atoms with Crippen molar-refractivity contribution >= 4 is 23.0 Å². The van der Waals surface area contributed by atoms with Gasteiger partial charge in [0.15, 0.2) is 17.8 Å². The minimum atomic E-state index is -0.231. The largest absolute Gasteiger partial charge is 0.441 e. The van der Waals surface area contributed by atoms with E-state index in [0.717, 1.165) is 65.6 Å². The van der Waals surface area contributed by atoms with Crippen LogP contribution in [0.15, 0.2) is 70.4 Å². The molecule has 0 bridgehead atoms. The van der Waals surface area contributed by atoms with E-state index < -0.39 is 0 Å². The molecule has 1 atom stereocenters. The molecule has 182 valence electrons. The van der Waals surface area contributed by atoms with Crippen LogP contribution < -0.4 is 5.43 Å². The first kappa shape index (κ1) is 21.3. The van der Waals surface area contributed by atoms with E-state index in [4.69, 9.17) is 14.3 Å². The predicted octanol–water partition coefficient (Wildman–Crippen LogP) is 4.22. The standard InChI is InChI=1S/C27H25FN6O2/c1-17-11-33(15-29-17)22-7-4-19(24-25(22)36-16-30-24)8-20-9-27(13-35-14-27)12-34-23(10-31-32-26(20)34)18-2-5-21(28)6-3-18/h2-8,11,15-16,23,31H,9-10,12-14H2,1H3/b20-8+. The zero-order chi connectivity index (χ0) is 24.3. The van der Waals surface area contributed by atoms with Crippen molar-refractivity contribution in [3.05, 3.63) is 83.5 Å². The van der Waals surface area contributed by atoms with Crippen LogP contribution in [0.2, 0.25) is 0 Å². The quantitative estimate of drug-likeness (QED) is 0.469. The number of fused-ring (bicyclic) bond motifs is 2. The molecule has 4 aromatic rings. The van der Waals surface area contributed by atoms with Crippen molar-refractivity contribution in [2.45, 2.75) is 19.4 Å². The van der Waals surface area contributed by atoms with Crippen molar-refractivity contribution in [3.8, 4) is 5.69 Å². The van der Waals surface area contributed by atoms with Crippen molar-refractivity contribution in [3.63, 3.8) is 0 Å². The number of imidazole rings is 1. The molecule has 3 aliphatic heterocycles. The number of nitrogens with zero attached hydrogens (tertiary/aromatic N) is 5. The summed E-state index contributed by atoms with van der Waals surface area (Å²) in [6.45, 7) is 4.91. The summed E-state index contributed by atoms with van der Waals surface area (Å²) in [5.41, 5.74) is 9.76. The molecule has 1 unspecified atom stereocenters. The molecule has 8 nitrogen and oxygen atoms in total. The van der Waals surface area contributed by atoms with Gasteiger partial charge in [-0.2, -0.15) is 5.10 Å². The second-order valence-corrected chi connectivity index (χ2v) is 9.96. The molecular formula is C27H25FN6O2. The Hall–Kier alpha value is -3.98. The summed E-state index contributed by atoms with van der Waals surface area (Å²) < 4.78 is 27.1. The molecule has 1 N–H and O–H groups in total. The second-order valence-electron chi connectivity index (χ2n) is 9.96. The number of ether oxygens (including phenoxy) is 1. The highest BCUT2D eigenvalue weighted by molar-refractivity contribution is 6.05. The lowest BCUT2D eigenvalue weighted by Crippen LogP contribution is -2.59. The lowest BCUT2D eigenvalue weighted by atomic mass is 9.74. The summed E-state index contributed by atoms with van der Waals surface area (Å²) in [6, 6.07) is 10.9. The molecule has 1 spiro atoms. The molecule has 7 rings (SSSR count). The van der Waals surface area contributed by atoms with Crippen molar-refractivity contribution in [2.75, 3.05) is 26.3 Å². The van der Waals surface area contributed by atoms with E-state index in [2.05, 4.69) is 32.4 Å². The van der Waals surface area contributed by atoms with Crippen LogP contribution in [0.3, 0.4) is 0 Å². The number of hydrazone groups is 1. The van der Waals surface area contributed by atoms with Gasteiger partial charge in [-0.15, -0.1) is 0 Å². The van der Waals surface area contributed by atoms with Crippen LogP contribution in [0.5, 0.6) is 0 Å². The van der Waals surface area contributed by atoms with Crippen LogP contribution in [-0.2, 0) is 4.74 Å². The topological polar surface area (TPSA) is 80.7 Å². The monoisotopic (exact) mass is 484 g/mol. The third-order valence-electron chi connectivity index (χ3n) is 7.36. The number of aromatic nitrogens is 3. The summed E-state index contributed by atoms with van der Waals surface area (Å²) in [6.07, 6.45) is 8.27. The molecular weight excluding hydrogens is 459 g/mol. The summed E-state index contributed by atoms with van der Waals surface area (Å²) in [7, 11) is 0. The molecule has 0 radical (unpaired) electrons. The molecule has 0 aliphatic carbocycles. The van der Waals surface area contributed by atoms with Crippen molar-refractivity contribution in [2.24, 2.45) is 10.5 Å². The molecule has 2 saturated heterocycles. The lowest BCUT2D eigenvalue weighted by molar-refractivity contribution is -0.126. The first-order valence-corrected chi connectivity index (χ1v) is 12.1. The average molecular weight is 485 g/mol. The van der Waals surface area contributed by atoms with E-state index in [1.54, 1.807) is 6.33 Å². The van der Waals surface area contributed by atoms with Crippen molar-refractivity contribution in [1.82, 2.24) is 24.9 Å². The van der Waals surface area contributed by atoms with Gasteiger partial charge in [0, 0.05) is 23.7 Å². The van der Waals surface area contributed by atoms with Crippen LogP contribution in [0.1, 0.15) is 29.3 Å². The van der Waals surface area contributed by atoms with E-state index in [1.165, 1.54) is 18.5 Å². The number of benzene rings is 2. The zero-order valence-electron chi connectivity index (χ0n) is 19.8. The summed E-state index contributed by atoms with van der Waals surface area (Å²) >= 11 is 0. The van der Waals surface area contributed by atoms with Crippen LogP contribution in [0.25, 0.3) is 22.9 Å². The smallest absolute Gasteiger partial charge is 0.182 e. The number of hydrogen-bond acceptors (Lipinski definition) is 7. The Balaban J connectivity index is 1.31. The fourth-order valence-corrected chi connectivity index (χ4v) is 5.57. The number of nitrogens with one attached hydrogen (secondary N) is 1. The van der Waals surface area contributed by atoms with Gasteiger partial charge in [-0.25, -0.2) is 14.4 Å². The van der Waals surface area contributed by atoms with Gasteiger partial charge < -0.3 is 24.0 Å². The van der Waals surface area contributed by atoms with Gasteiger partial charge in [0.25, 0.3) is 0 Å². The summed E-state index contributed by atoms with van der Waals surface area (Å²) in [5, 5.41) is 4.74. The van der Waals surface area contributed by atoms with Crippen molar-refractivity contribution in [1.29, 1.82) is 0 Å². The number of aryl methyl sites for hydroxylation is 1. The highest BCUT2D eigenvalue weighted by Crippen LogP contribution is 2.44. The number of halogens is 1. The highest BCUT2D eigenvalue weighted by atomic mass is 19.1. The van der Waals surface area contributed by atoms with Gasteiger partial charge in [0.2, 0.25) is 0 Å². The second kappa shape index (κ2) is 8.03. The van der Waals surface area contributed by atoms with Crippen LogP contribution in [0.4, 0.5) is 4.39 Å². The molecule has 3 aliphatic rings. The SMILES string of the molecule is Cc1cn(-c2ccc(/C=C3\CC4(COC4)CN4C3=NNCC4c3ccc(F)cc3)c3ncoc23)cn1. The predicted molar refractivity (Wildman–Crippen MR) is 133 cm³/mol. The Morgan fingerprint density at radius 2 is 2.00 bits per heavy atom. The normalized spacial score (nSPS) is 21.8. The first-order chi connectivity index (χ1) is 17.6. The fourth-order valence-electron chi connectivity index (χ4n) is 5.57. The molecule has 36 heavy (non-hydrogen) atoms. The number of oxazole rings is 1. The minimum absolute atomic E-state index is 0.0394. The maximum Gasteiger partial charge on any atom is 0.182 e. The van der Waals surface area contributed by atoms with Gasteiger partial charge in [0.05, 0.1) is 43.5 Å². The van der Waals surface area contributed by atoms with E-state index in [-0.39, 0.29) is 17.3 Å². The van der Waals surface area contributed by atoms with E-state index in [0.29, 0.717) is 12.1 Å². The Morgan fingerprint density at radius 1 is 1.14 bits per heavy atom. The molecule has 2 aromatic carbocycles. The summed E-state index contributed by atoms with van der Waals surface area (Å²) in [5.74, 6) is 0.685. The molecule has 2 fully saturated rings. The van der Waals surface area contributed by atoms with E-state index in [1.807, 2.05) is 35.9 Å². The molecule has 5 heterocycles. The third kappa shape index (κ3) is 3.42. The highest BCUT2D eigenvalue weighted by Gasteiger charge is 2.48. The molecule has 0 amide bonds. The van der Waals surface area contributed by atoms with Crippen LogP contribution in [-0.4, -0.2) is 51.6 Å². The van der Waals surface area contributed by atoms with Gasteiger partial charge in [0.1, 0.15) is 11.3 Å². The zero-order valence-corrected chi connectivity index (χ0v) is 19.8. The third-order valence-corrected chi connectivity index (χ3v) is 7.36. The Bertz CT molecular complexity index is 1510. The molecule has 0 saturated carbocycles. The van der Waals surface area contributed by atoms with Gasteiger partial charge in [-0.05, 0) is 48.8 Å².